The lowest BCUT2D eigenvalue weighted by Crippen LogP contribution is -2.13. The third-order valence-corrected chi connectivity index (χ3v) is 4.41. The van der Waals surface area contributed by atoms with Crippen molar-refractivity contribution in [1.29, 1.82) is 0 Å². The quantitative estimate of drug-likeness (QED) is 0.413. The Morgan fingerprint density at radius 3 is 2.53 bits per heavy atom. The van der Waals surface area contributed by atoms with E-state index >= 15 is 0 Å². The van der Waals surface area contributed by atoms with Crippen molar-refractivity contribution >= 4 is 17.3 Å². The Balaban J connectivity index is 1.80. The van der Waals surface area contributed by atoms with Crippen molar-refractivity contribution in [3.8, 4) is 11.5 Å². The summed E-state index contributed by atoms with van der Waals surface area (Å²) < 4.78 is 11.6. The lowest BCUT2D eigenvalue weighted by atomic mass is 10.1. The first-order valence-electron chi connectivity index (χ1n) is 9.48. The van der Waals surface area contributed by atoms with E-state index in [2.05, 4.69) is 5.32 Å². The molecule has 0 spiro atoms. The molecular formula is C23H22N2O5. The van der Waals surface area contributed by atoms with Crippen LogP contribution in [0.25, 0.3) is 0 Å². The summed E-state index contributed by atoms with van der Waals surface area (Å²) in [6, 6.07) is 18.6. The highest BCUT2D eigenvalue weighted by atomic mass is 16.6. The summed E-state index contributed by atoms with van der Waals surface area (Å²) in [5.74, 6) is 1.01. The number of nitro benzene ring substituents is 1. The van der Waals surface area contributed by atoms with Crippen molar-refractivity contribution < 1.29 is 19.2 Å². The zero-order chi connectivity index (χ0) is 21.5. The van der Waals surface area contributed by atoms with E-state index in [0.29, 0.717) is 23.6 Å². The number of nitrogens with zero attached hydrogens (tertiary/aromatic N) is 1. The normalized spacial score (nSPS) is 10.3. The van der Waals surface area contributed by atoms with E-state index in [9.17, 15) is 14.9 Å². The van der Waals surface area contributed by atoms with Gasteiger partial charge in [-0.2, -0.15) is 0 Å². The third kappa shape index (κ3) is 5.14. The molecule has 0 bridgehead atoms. The minimum Gasteiger partial charge on any atom is -0.493 e. The standard InChI is InChI=1S/C23H22N2O5/c1-3-29-22-12-11-17(13-18(22)15-30-21-10-5-4-7-16(21)2)23(26)24-19-8-6-9-20(14-19)25(27)28/h4-14H,3,15H2,1-2H3,(H,24,26). The second kappa shape index (κ2) is 9.56. The summed E-state index contributed by atoms with van der Waals surface area (Å²) in [7, 11) is 0. The maximum Gasteiger partial charge on any atom is 0.271 e. The Hall–Kier alpha value is -3.87. The van der Waals surface area contributed by atoms with Crippen LogP contribution >= 0.6 is 0 Å². The number of non-ortho nitro benzene ring substituents is 1. The van der Waals surface area contributed by atoms with Crippen molar-refractivity contribution in [2.75, 3.05) is 11.9 Å². The van der Waals surface area contributed by atoms with Gasteiger partial charge in [0.1, 0.15) is 18.1 Å². The van der Waals surface area contributed by atoms with Gasteiger partial charge in [-0.05, 0) is 49.7 Å². The fourth-order valence-corrected chi connectivity index (χ4v) is 2.90. The van der Waals surface area contributed by atoms with Gasteiger partial charge in [-0.1, -0.05) is 24.3 Å². The van der Waals surface area contributed by atoms with Gasteiger partial charge >= 0.3 is 0 Å². The van der Waals surface area contributed by atoms with Crippen LogP contribution in [-0.2, 0) is 6.61 Å². The number of carbonyl (C=O) groups excluding carboxylic acids is 1. The average Bonchev–Trinajstić information content (AvgIpc) is 2.74. The molecule has 1 N–H and O–H groups in total. The summed E-state index contributed by atoms with van der Waals surface area (Å²) >= 11 is 0. The first kappa shape index (κ1) is 20.9. The number of ether oxygens (including phenoxy) is 2. The van der Waals surface area contributed by atoms with Gasteiger partial charge in [0.15, 0.2) is 0 Å². The lowest BCUT2D eigenvalue weighted by molar-refractivity contribution is -0.384. The number of benzene rings is 3. The minimum absolute atomic E-state index is 0.0909. The minimum atomic E-state index is -0.506. The maximum atomic E-state index is 12.7. The van der Waals surface area contributed by atoms with Gasteiger partial charge in [0, 0.05) is 28.9 Å². The maximum absolute atomic E-state index is 12.7. The molecule has 7 heteroatoms. The van der Waals surface area contributed by atoms with Crippen LogP contribution in [-0.4, -0.2) is 17.4 Å². The predicted octanol–water partition coefficient (Wildman–Crippen LogP) is 5.13. The zero-order valence-electron chi connectivity index (χ0n) is 16.8. The number of anilines is 1. The highest BCUT2D eigenvalue weighted by molar-refractivity contribution is 6.04. The van der Waals surface area contributed by atoms with E-state index in [1.54, 1.807) is 24.3 Å². The van der Waals surface area contributed by atoms with Gasteiger partial charge in [-0.3, -0.25) is 14.9 Å². The molecule has 0 saturated carbocycles. The van der Waals surface area contributed by atoms with Crippen molar-refractivity contribution in [3.05, 3.63) is 93.5 Å². The number of rotatable bonds is 8. The molecular weight excluding hydrogens is 384 g/mol. The number of para-hydroxylation sites is 1. The van der Waals surface area contributed by atoms with E-state index < -0.39 is 4.92 Å². The molecule has 0 atom stereocenters. The summed E-state index contributed by atoms with van der Waals surface area (Å²) in [4.78, 5) is 23.1. The SMILES string of the molecule is CCOc1ccc(C(=O)Nc2cccc([N+](=O)[O-])c2)cc1COc1ccccc1C. The van der Waals surface area contributed by atoms with E-state index in [-0.39, 0.29) is 18.2 Å². The average molecular weight is 406 g/mol. The van der Waals surface area contributed by atoms with Crippen LogP contribution in [0.1, 0.15) is 28.4 Å². The lowest BCUT2D eigenvalue weighted by Gasteiger charge is -2.14. The third-order valence-electron chi connectivity index (χ3n) is 4.41. The monoisotopic (exact) mass is 406 g/mol. The summed E-state index contributed by atoms with van der Waals surface area (Å²) in [6.07, 6.45) is 0. The molecule has 0 aliphatic carbocycles. The Bertz CT molecular complexity index is 1060. The van der Waals surface area contributed by atoms with Gasteiger partial charge in [0.05, 0.1) is 11.5 Å². The molecule has 0 saturated heterocycles. The molecule has 0 unspecified atom stereocenters. The first-order valence-corrected chi connectivity index (χ1v) is 9.48. The van der Waals surface area contributed by atoms with Gasteiger partial charge in [-0.15, -0.1) is 0 Å². The van der Waals surface area contributed by atoms with Crippen molar-refractivity contribution in [3.63, 3.8) is 0 Å². The fourth-order valence-electron chi connectivity index (χ4n) is 2.90. The number of hydrogen-bond donors (Lipinski definition) is 1. The summed E-state index contributed by atoms with van der Waals surface area (Å²) in [5, 5.41) is 13.6. The molecule has 7 nitrogen and oxygen atoms in total. The molecule has 30 heavy (non-hydrogen) atoms. The molecule has 1 amide bonds. The van der Waals surface area contributed by atoms with E-state index in [1.165, 1.54) is 18.2 Å². The molecule has 154 valence electrons. The van der Waals surface area contributed by atoms with Crippen molar-refractivity contribution in [1.82, 2.24) is 0 Å². The highest BCUT2D eigenvalue weighted by Crippen LogP contribution is 2.25. The number of nitrogens with one attached hydrogen (secondary N) is 1. The molecule has 0 fully saturated rings. The van der Waals surface area contributed by atoms with Crippen LogP contribution in [0.3, 0.4) is 0 Å². The van der Waals surface area contributed by atoms with Crippen LogP contribution in [0.15, 0.2) is 66.7 Å². The van der Waals surface area contributed by atoms with Crippen LogP contribution in [0, 0.1) is 17.0 Å². The number of hydrogen-bond acceptors (Lipinski definition) is 5. The molecule has 0 aromatic heterocycles. The van der Waals surface area contributed by atoms with E-state index in [4.69, 9.17) is 9.47 Å². The number of aryl methyl sites for hydroxylation is 1. The largest absolute Gasteiger partial charge is 0.493 e. The van der Waals surface area contributed by atoms with Crippen LogP contribution in [0.5, 0.6) is 11.5 Å². The zero-order valence-corrected chi connectivity index (χ0v) is 16.8. The van der Waals surface area contributed by atoms with E-state index in [1.807, 2.05) is 38.1 Å². The highest BCUT2D eigenvalue weighted by Gasteiger charge is 2.13. The van der Waals surface area contributed by atoms with Crippen LogP contribution < -0.4 is 14.8 Å². The predicted molar refractivity (Wildman–Crippen MR) is 114 cm³/mol. The molecule has 0 heterocycles. The number of amides is 1. The van der Waals surface area contributed by atoms with E-state index in [0.717, 1.165) is 16.9 Å². The van der Waals surface area contributed by atoms with Crippen LogP contribution in [0.2, 0.25) is 0 Å². The van der Waals surface area contributed by atoms with Gasteiger partial charge in [-0.25, -0.2) is 0 Å². The van der Waals surface area contributed by atoms with Gasteiger partial charge < -0.3 is 14.8 Å². The van der Waals surface area contributed by atoms with Gasteiger partial charge in [0.2, 0.25) is 0 Å². The van der Waals surface area contributed by atoms with Gasteiger partial charge in [0.25, 0.3) is 11.6 Å². The van der Waals surface area contributed by atoms with Crippen molar-refractivity contribution in [2.45, 2.75) is 20.5 Å². The molecule has 3 rings (SSSR count). The molecule has 0 aliphatic rings. The number of nitro groups is 1. The smallest absolute Gasteiger partial charge is 0.271 e. The number of carbonyl (C=O) groups is 1. The molecule has 0 radical (unpaired) electrons. The Morgan fingerprint density at radius 2 is 1.80 bits per heavy atom. The first-order chi connectivity index (χ1) is 14.5. The Kier molecular flexibility index (Phi) is 6.64. The molecule has 0 aliphatic heterocycles. The summed E-state index contributed by atoms with van der Waals surface area (Å²) in [5.41, 5.74) is 2.39. The second-order valence-electron chi connectivity index (χ2n) is 6.57. The van der Waals surface area contributed by atoms with Crippen molar-refractivity contribution in [2.24, 2.45) is 0 Å². The molecule has 3 aromatic carbocycles. The topological polar surface area (TPSA) is 90.7 Å². The summed E-state index contributed by atoms with van der Waals surface area (Å²) in [6.45, 7) is 4.56. The molecule has 3 aromatic rings. The second-order valence-corrected chi connectivity index (χ2v) is 6.57. The van der Waals surface area contributed by atoms with Crippen LogP contribution in [0.4, 0.5) is 11.4 Å². The Labute approximate surface area is 174 Å². The fraction of sp³-hybridized carbons (Fsp3) is 0.174. The Morgan fingerprint density at radius 1 is 1.00 bits per heavy atom.